The molecule has 0 bridgehead atoms. The van der Waals surface area contributed by atoms with Crippen LogP contribution in [0.3, 0.4) is 0 Å². The molecule has 0 fully saturated rings. The van der Waals surface area contributed by atoms with Crippen LogP contribution < -0.4 is 5.30 Å². The quantitative estimate of drug-likeness (QED) is 0.643. The van der Waals surface area contributed by atoms with Gasteiger partial charge in [0.05, 0.1) is 11.0 Å². The molecule has 0 aliphatic heterocycles. The summed E-state index contributed by atoms with van der Waals surface area (Å²) in [7, 11) is -0.0979. The lowest BCUT2D eigenvalue weighted by Crippen LogP contribution is -2.02. The summed E-state index contributed by atoms with van der Waals surface area (Å²) in [6, 6.07) is 6.20. The van der Waals surface area contributed by atoms with E-state index in [1.165, 1.54) is 5.30 Å². The van der Waals surface area contributed by atoms with E-state index in [9.17, 15) is 0 Å². The van der Waals surface area contributed by atoms with Gasteiger partial charge in [-0.1, -0.05) is 20.1 Å². The molecular formula is C10H11N2P. The Morgan fingerprint density at radius 2 is 1.85 bits per heavy atom. The average Bonchev–Trinajstić information content (AvgIpc) is 2.17. The van der Waals surface area contributed by atoms with E-state index < -0.39 is 0 Å². The van der Waals surface area contributed by atoms with Crippen LogP contribution in [0.2, 0.25) is 0 Å². The zero-order valence-corrected chi connectivity index (χ0v) is 8.62. The van der Waals surface area contributed by atoms with E-state index in [0.717, 1.165) is 11.0 Å². The van der Waals surface area contributed by atoms with Gasteiger partial charge in [0.25, 0.3) is 0 Å². The molecule has 66 valence electrons. The molecule has 1 heterocycles. The Kier molecular flexibility index (Phi) is 2.24. The van der Waals surface area contributed by atoms with Crippen molar-refractivity contribution in [2.75, 3.05) is 13.3 Å². The molecule has 0 radical (unpaired) electrons. The van der Waals surface area contributed by atoms with Gasteiger partial charge in [0.2, 0.25) is 0 Å². The molecule has 0 atom stereocenters. The largest absolute Gasteiger partial charge is 0.253 e. The van der Waals surface area contributed by atoms with Crippen LogP contribution in [0.15, 0.2) is 30.6 Å². The second-order valence-corrected chi connectivity index (χ2v) is 5.37. The molecule has 0 N–H and O–H groups in total. The minimum absolute atomic E-state index is 0.0979. The summed E-state index contributed by atoms with van der Waals surface area (Å²) >= 11 is 0. The van der Waals surface area contributed by atoms with Crippen LogP contribution in [-0.2, 0) is 0 Å². The van der Waals surface area contributed by atoms with Gasteiger partial charge in [-0.05, 0) is 19.4 Å². The molecule has 2 aromatic rings. The van der Waals surface area contributed by atoms with E-state index in [-0.39, 0.29) is 7.92 Å². The molecule has 0 aliphatic rings. The maximum absolute atomic E-state index is 4.36. The van der Waals surface area contributed by atoms with Crippen LogP contribution in [-0.4, -0.2) is 23.3 Å². The summed E-state index contributed by atoms with van der Waals surface area (Å²) in [5.41, 5.74) is 2.05. The highest BCUT2D eigenvalue weighted by molar-refractivity contribution is 7.64. The Hall–Kier alpha value is -1.01. The first-order chi connectivity index (χ1) is 6.29. The topological polar surface area (TPSA) is 25.8 Å². The van der Waals surface area contributed by atoms with E-state index >= 15 is 0 Å². The second-order valence-electron chi connectivity index (χ2n) is 3.10. The lowest BCUT2D eigenvalue weighted by Gasteiger charge is -2.07. The van der Waals surface area contributed by atoms with Crippen LogP contribution in [0, 0.1) is 0 Å². The predicted octanol–water partition coefficient (Wildman–Crippen LogP) is 2.00. The van der Waals surface area contributed by atoms with Gasteiger partial charge in [-0.2, -0.15) is 0 Å². The third-order valence-corrected chi connectivity index (χ3v) is 3.28. The van der Waals surface area contributed by atoms with Gasteiger partial charge in [-0.3, -0.25) is 9.97 Å². The summed E-state index contributed by atoms with van der Waals surface area (Å²) in [5, 5.41) is 1.33. The number of para-hydroxylation sites is 1. The smallest absolute Gasteiger partial charge is 0.0963 e. The Bertz CT molecular complexity index is 421. The van der Waals surface area contributed by atoms with Crippen molar-refractivity contribution in [3.05, 3.63) is 30.6 Å². The molecule has 2 nitrogen and oxygen atoms in total. The third kappa shape index (κ3) is 1.54. The van der Waals surface area contributed by atoms with Crippen LogP contribution in [0.1, 0.15) is 0 Å². The Morgan fingerprint density at radius 1 is 1.08 bits per heavy atom. The number of fused-ring (bicyclic) bond motifs is 1. The van der Waals surface area contributed by atoms with Crippen LogP contribution in [0.25, 0.3) is 11.0 Å². The molecule has 0 aliphatic carbocycles. The van der Waals surface area contributed by atoms with Gasteiger partial charge in [0, 0.05) is 17.7 Å². The zero-order valence-electron chi connectivity index (χ0n) is 7.73. The second kappa shape index (κ2) is 3.39. The molecule has 0 amide bonds. The number of hydrogen-bond donors (Lipinski definition) is 0. The van der Waals surface area contributed by atoms with Crippen molar-refractivity contribution in [2.24, 2.45) is 0 Å². The predicted molar refractivity (Wildman–Crippen MR) is 57.9 cm³/mol. The molecule has 0 saturated heterocycles. The highest BCUT2D eigenvalue weighted by Gasteiger charge is 2.04. The van der Waals surface area contributed by atoms with Crippen molar-refractivity contribution in [3.8, 4) is 0 Å². The van der Waals surface area contributed by atoms with Gasteiger partial charge in [0.1, 0.15) is 0 Å². The molecule has 2 rings (SSSR count). The Balaban J connectivity index is 2.76. The Labute approximate surface area is 78.8 Å². The van der Waals surface area contributed by atoms with E-state index in [1.807, 2.05) is 6.07 Å². The van der Waals surface area contributed by atoms with Crippen LogP contribution in [0.5, 0.6) is 0 Å². The van der Waals surface area contributed by atoms with Crippen molar-refractivity contribution < 1.29 is 0 Å². The van der Waals surface area contributed by atoms with E-state index in [1.54, 1.807) is 12.4 Å². The number of hydrogen-bond acceptors (Lipinski definition) is 2. The fourth-order valence-corrected chi connectivity index (χ4v) is 2.32. The maximum atomic E-state index is 4.36. The minimum atomic E-state index is -0.0979. The van der Waals surface area contributed by atoms with E-state index in [2.05, 4.69) is 35.4 Å². The highest BCUT2D eigenvalue weighted by atomic mass is 31.1. The first-order valence-corrected chi connectivity index (χ1v) is 6.40. The first kappa shape index (κ1) is 8.58. The summed E-state index contributed by atoms with van der Waals surface area (Å²) in [5.74, 6) is 0. The van der Waals surface area contributed by atoms with Crippen LogP contribution in [0.4, 0.5) is 0 Å². The SMILES string of the molecule is CP(C)c1cccc2nccnc12. The highest BCUT2D eigenvalue weighted by Crippen LogP contribution is 2.26. The van der Waals surface area contributed by atoms with Gasteiger partial charge < -0.3 is 0 Å². The standard InChI is InChI=1S/C10H11N2P/c1-13(2)9-5-3-4-8-10(9)12-7-6-11-8/h3-7H,1-2H3. The molecule has 13 heavy (non-hydrogen) atoms. The third-order valence-electron chi connectivity index (χ3n) is 1.96. The first-order valence-electron chi connectivity index (χ1n) is 4.16. The van der Waals surface area contributed by atoms with Gasteiger partial charge in [-0.25, -0.2) is 0 Å². The maximum Gasteiger partial charge on any atom is 0.0963 e. The molecule has 3 heteroatoms. The number of benzene rings is 1. The molecular weight excluding hydrogens is 179 g/mol. The van der Waals surface area contributed by atoms with Crippen molar-refractivity contribution >= 4 is 24.3 Å². The van der Waals surface area contributed by atoms with Gasteiger partial charge in [-0.15, -0.1) is 0 Å². The van der Waals surface area contributed by atoms with Crippen molar-refractivity contribution in [1.29, 1.82) is 0 Å². The summed E-state index contributed by atoms with van der Waals surface area (Å²) in [6.07, 6.45) is 3.49. The van der Waals surface area contributed by atoms with E-state index in [4.69, 9.17) is 0 Å². The molecule has 0 spiro atoms. The fourth-order valence-electron chi connectivity index (χ4n) is 1.34. The minimum Gasteiger partial charge on any atom is -0.253 e. The zero-order chi connectivity index (χ0) is 9.26. The van der Waals surface area contributed by atoms with Gasteiger partial charge >= 0.3 is 0 Å². The average molecular weight is 190 g/mol. The monoisotopic (exact) mass is 190 g/mol. The Morgan fingerprint density at radius 3 is 2.62 bits per heavy atom. The lowest BCUT2D eigenvalue weighted by atomic mass is 10.3. The van der Waals surface area contributed by atoms with Gasteiger partial charge in [0.15, 0.2) is 0 Å². The van der Waals surface area contributed by atoms with Crippen molar-refractivity contribution in [1.82, 2.24) is 9.97 Å². The van der Waals surface area contributed by atoms with Crippen LogP contribution >= 0.6 is 7.92 Å². The number of nitrogens with zero attached hydrogens (tertiary/aromatic N) is 2. The summed E-state index contributed by atoms with van der Waals surface area (Å²) in [6.45, 7) is 4.47. The van der Waals surface area contributed by atoms with Crippen molar-refractivity contribution in [2.45, 2.75) is 0 Å². The number of rotatable bonds is 1. The lowest BCUT2D eigenvalue weighted by molar-refractivity contribution is 1.30. The van der Waals surface area contributed by atoms with Crippen molar-refractivity contribution in [3.63, 3.8) is 0 Å². The summed E-state index contributed by atoms with van der Waals surface area (Å²) < 4.78 is 0. The fraction of sp³-hybridized carbons (Fsp3) is 0.200. The normalized spacial score (nSPS) is 11.0. The van der Waals surface area contributed by atoms with E-state index in [0.29, 0.717) is 0 Å². The molecule has 1 aromatic carbocycles. The molecule has 0 saturated carbocycles. The summed E-state index contributed by atoms with van der Waals surface area (Å²) in [4.78, 5) is 8.63. The molecule has 1 aromatic heterocycles. The molecule has 0 unspecified atom stereocenters. The number of aromatic nitrogens is 2.